The molecule has 12 heteroatoms. The second-order valence-electron chi connectivity index (χ2n) is 9.99. The minimum absolute atomic E-state index is 0.197. The Morgan fingerprint density at radius 2 is 1.97 bits per heavy atom. The molecule has 2 aromatic heterocycles. The van der Waals surface area contributed by atoms with Crippen LogP contribution in [0.15, 0.2) is 18.5 Å². The van der Waals surface area contributed by atoms with E-state index in [0.717, 1.165) is 25.1 Å². The highest BCUT2D eigenvalue weighted by atomic mass is 19.4. The monoisotopic (exact) mass is 503 g/mol. The molecule has 192 valence electrons. The van der Waals surface area contributed by atoms with Crippen molar-refractivity contribution in [2.45, 2.75) is 51.3 Å². The molecule has 0 saturated carbocycles. The molecular formula is C24H28F3N7O2. The first-order valence-electron chi connectivity index (χ1n) is 11.7. The van der Waals surface area contributed by atoms with Crippen LogP contribution in [0.4, 0.5) is 29.7 Å². The fourth-order valence-corrected chi connectivity index (χ4v) is 4.32. The average Bonchev–Trinajstić information content (AvgIpc) is 3.24. The average molecular weight is 504 g/mol. The molecule has 1 unspecified atom stereocenters. The van der Waals surface area contributed by atoms with Gasteiger partial charge in [0.2, 0.25) is 5.95 Å². The van der Waals surface area contributed by atoms with Crippen LogP contribution in [0.2, 0.25) is 0 Å². The summed E-state index contributed by atoms with van der Waals surface area (Å²) in [5, 5.41) is 15.8. The first-order valence-corrected chi connectivity index (χ1v) is 11.7. The van der Waals surface area contributed by atoms with E-state index in [2.05, 4.69) is 25.6 Å². The van der Waals surface area contributed by atoms with E-state index < -0.39 is 23.3 Å². The predicted octanol–water partition coefficient (Wildman–Crippen LogP) is 4.38. The van der Waals surface area contributed by atoms with Crippen molar-refractivity contribution < 1.29 is 22.7 Å². The number of hydrogen-bond acceptors (Lipinski definition) is 8. The van der Waals surface area contributed by atoms with E-state index in [1.807, 2.05) is 26.8 Å². The number of pyridine rings is 1. The number of nitrogens with zero attached hydrogens (tertiary/aromatic N) is 5. The standard InChI is InChI=1S/C24H28F3N7O2/c1-23(2,3)36-22(35)34-6-4-14(5-7-34)10-31-21-32-11-15(9-28)19(33-21)18-13-30-20-17(18)8-16(12-29-20)24(25,26)27/h8,11-12,14,18H,4-7,10,13H2,1-3H3,(H,29,30)(H,31,32,33). The van der Waals surface area contributed by atoms with Crippen molar-refractivity contribution in [1.29, 1.82) is 5.26 Å². The molecule has 0 radical (unpaired) electrons. The summed E-state index contributed by atoms with van der Waals surface area (Å²) in [6.45, 7) is 7.50. The van der Waals surface area contributed by atoms with Crippen LogP contribution in [0.3, 0.4) is 0 Å². The van der Waals surface area contributed by atoms with E-state index in [9.17, 15) is 23.2 Å². The number of nitriles is 1. The second-order valence-corrected chi connectivity index (χ2v) is 9.99. The number of halogens is 3. The van der Waals surface area contributed by atoms with Crippen LogP contribution in [0, 0.1) is 17.2 Å². The largest absolute Gasteiger partial charge is 0.444 e. The molecule has 9 nitrogen and oxygen atoms in total. The molecule has 36 heavy (non-hydrogen) atoms. The number of amides is 1. The van der Waals surface area contributed by atoms with Crippen LogP contribution in [0.1, 0.15) is 61.9 Å². The summed E-state index contributed by atoms with van der Waals surface area (Å²) in [4.78, 5) is 26.6. The number of aromatic nitrogens is 3. The molecule has 2 aliphatic rings. The van der Waals surface area contributed by atoms with E-state index in [0.29, 0.717) is 42.7 Å². The first kappa shape index (κ1) is 25.5. The van der Waals surface area contributed by atoms with E-state index in [4.69, 9.17) is 4.74 Å². The smallest absolute Gasteiger partial charge is 0.417 e. The highest BCUT2D eigenvalue weighted by Crippen LogP contribution is 2.39. The Morgan fingerprint density at radius 3 is 2.61 bits per heavy atom. The van der Waals surface area contributed by atoms with Crippen molar-refractivity contribution in [3.8, 4) is 6.07 Å². The lowest BCUT2D eigenvalue weighted by Crippen LogP contribution is -2.42. The van der Waals surface area contributed by atoms with E-state index in [-0.39, 0.29) is 24.1 Å². The maximum Gasteiger partial charge on any atom is 0.417 e. The van der Waals surface area contributed by atoms with Gasteiger partial charge in [0.25, 0.3) is 0 Å². The van der Waals surface area contributed by atoms with Crippen LogP contribution < -0.4 is 10.6 Å². The fourth-order valence-electron chi connectivity index (χ4n) is 4.32. The minimum atomic E-state index is -4.52. The normalized spacial score (nSPS) is 18.2. The van der Waals surface area contributed by atoms with Crippen molar-refractivity contribution in [2.75, 3.05) is 36.8 Å². The Hall–Kier alpha value is -3.62. The molecule has 2 aromatic rings. The van der Waals surface area contributed by atoms with Gasteiger partial charge < -0.3 is 20.3 Å². The zero-order valence-corrected chi connectivity index (χ0v) is 20.3. The molecule has 1 atom stereocenters. The number of likely N-dealkylation sites (tertiary alicyclic amines) is 1. The molecular weight excluding hydrogens is 475 g/mol. The van der Waals surface area contributed by atoms with Gasteiger partial charge in [0.1, 0.15) is 17.5 Å². The molecule has 1 saturated heterocycles. The third-order valence-corrected chi connectivity index (χ3v) is 6.18. The van der Waals surface area contributed by atoms with Crippen LogP contribution in [-0.4, -0.2) is 57.7 Å². The Bertz CT molecular complexity index is 1170. The summed E-state index contributed by atoms with van der Waals surface area (Å²) in [5.41, 5.74) is -0.496. The van der Waals surface area contributed by atoms with Gasteiger partial charge in [0.05, 0.1) is 23.0 Å². The molecule has 1 fully saturated rings. The number of hydrogen-bond donors (Lipinski definition) is 2. The third-order valence-electron chi connectivity index (χ3n) is 6.18. The number of piperidine rings is 1. The number of carbonyl (C=O) groups excluding carboxylic acids is 1. The van der Waals surface area contributed by atoms with E-state index in [1.54, 1.807) is 4.90 Å². The van der Waals surface area contributed by atoms with Gasteiger partial charge in [0.15, 0.2) is 0 Å². The minimum Gasteiger partial charge on any atom is -0.444 e. The van der Waals surface area contributed by atoms with Crippen LogP contribution >= 0.6 is 0 Å². The quantitative estimate of drug-likeness (QED) is 0.632. The Balaban J connectivity index is 1.43. The summed E-state index contributed by atoms with van der Waals surface area (Å²) >= 11 is 0. The lowest BCUT2D eigenvalue weighted by molar-refractivity contribution is -0.137. The van der Waals surface area contributed by atoms with E-state index in [1.165, 1.54) is 6.20 Å². The van der Waals surface area contributed by atoms with Gasteiger partial charge in [0, 0.05) is 43.9 Å². The Labute approximate surface area is 207 Å². The van der Waals surface area contributed by atoms with Crippen molar-refractivity contribution in [2.24, 2.45) is 5.92 Å². The van der Waals surface area contributed by atoms with Gasteiger partial charge in [-0.1, -0.05) is 0 Å². The Kier molecular flexibility index (Phi) is 6.93. The van der Waals surface area contributed by atoms with Crippen LogP contribution in [0.25, 0.3) is 0 Å². The number of alkyl halides is 3. The molecule has 2 aliphatic heterocycles. The Morgan fingerprint density at radius 1 is 1.25 bits per heavy atom. The summed E-state index contributed by atoms with van der Waals surface area (Å²) in [6, 6.07) is 3.10. The first-order chi connectivity index (χ1) is 16.9. The lowest BCUT2D eigenvalue weighted by atomic mass is 9.95. The zero-order chi connectivity index (χ0) is 26.1. The molecule has 4 rings (SSSR count). The highest BCUT2D eigenvalue weighted by molar-refractivity contribution is 5.68. The highest BCUT2D eigenvalue weighted by Gasteiger charge is 2.36. The van der Waals surface area contributed by atoms with Gasteiger partial charge in [-0.3, -0.25) is 0 Å². The van der Waals surface area contributed by atoms with Gasteiger partial charge >= 0.3 is 12.3 Å². The molecule has 2 N–H and O–H groups in total. The molecule has 0 spiro atoms. The SMILES string of the molecule is CC(C)(C)OC(=O)N1CCC(CNc2ncc(C#N)c(C3CNc4ncc(C(F)(F)F)cc43)n2)CC1. The molecule has 0 aromatic carbocycles. The number of carbonyl (C=O) groups is 1. The number of fused-ring (bicyclic) bond motifs is 1. The van der Waals surface area contributed by atoms with Crippen LogP contribution in [-0.2, 0) is 10.9 Å². The van der Waals surface area contributed by atoms with Crippen molar-refractivity contribution >= 4 is 17.9 Å². The summed E-state index contributed by atoms with van der Waals surface area (Å²) in [7, 11) is 0. The van der Waals surface area contributed by atoms with Crippen molar-refractivity contribution in [3.05, 3.63) is 40.8 Å². The summed E-state index contributed by atoms with van der Waals surface area (Å²) < 4.78 is 45.1. The summed E-state index contributed by atoms with van der Waals surface area (Å²) in [6.07, 6.45) is -1.11. The van der Waals surface area contributed by atoms with E-state index >= 15 is 0 Å². The topological polar surface area (TPSA) is 116 Å². The maximum atomic E-state index is 13.2. The molecule has 4 heterocycles. The second kappa shape index (κ2) is 9.79. The zero-order valence-electron chi connectivity index (χ0n) is 20.3. The molecule has 0 aliphatic carbocycles. The number of rotatable bonds is 4. The lowest BCUT2D eigenvalue weighted by Gasteiger charge is -2.33. The number of anilines is 2. The summed E-state index contributed by atoms with van der Waals surface area (Å²) in [5.74, 6) is 0.359. The van der Waals surface area contributed by atoms with Gasteiger partial charge in [-0.2, -0.15) is 18.4 Å². The predicted molar refractivity (Wildman–Crippen MR) is 125 cm³/mol. The fraction of sp³-hybridized carbons (Fsp3) is 0.542. The molecule has 1 amide bonds. The molecule has 0 bridgehead atoms. The number of nitrogens with one attached hydrogen (secondary N) is 2. The van der Waals surface area contributed by atoms with Crippen molar-refractivity contribution in [3.63, 3.8) is 0 Å². The van der Waals surface area contributed by atoms with Gasteiger partial charge in [-0.25, -0.2) is 19.7 Å². The third kappa shape index (κ3) is 5.78. The maximum absolute atomic E-state index is 13.2. The van der Waals surface area contributed by atoms with Crippen LogP contribution in [0.5, 0.6) is 0 Å². The van der Waals surface area contributed by atoms with Crippen molar-refractivity contribution in [1.82, 2.24) is 19.9 Å². The van der Waals surface area contributed by atoms with Gasteiger partial charge in [-0.05, 0) is 45.6 Å². The number of ether oxygens (including phenoxy) is 1. The van der Waals surface area contributed by atoms with Gasteiger partial charge in [-0.15, -0.1) is 0 Å².